The first kappa shape index (κ1) is 17.9. The summed E-state index contributed by atoms with van der Waals surface area (Å²) in [7, 11) is 0. The fraction of sp³-hybridized carbons (Fsp3) is 0.632. The van der Waals surface area contributed by atoms with Crippen LogP contribution in [0.25, 0.3) is 0 Å². The molecule has 1 aromatic carbocycles. The van der Waals surface area contributed by atoms with Gasteiger partial charge in [-0.15, -0.1) is 0 Å². The monoisotopic (exact) mass is 346 g/mol. The fourth-order valence-electron chi connectivity index (χ4n) is 3.27. The topological polar surface area (TPSA) is 48.1 Å². The average Bonchev–Trinajstić information content (AvgIpc) is 2.61. The quantitative estimate of drug-likeness (QED) is 0.889. The summed E-state index contributed by atoms with van der Waals surface area (Å²) < 4.78 is 5.46. The summed E-state index contributed by atoms with van der Waals surface area (Å²) in [5, 5.41) is 3.38. The van der Waals surface area contributed by atoms with Crippen molar-refractivity contribution in [2.45, 2.75) is 26.4 Å². The SMILES string of the molecule is CC(C)(C)OC(=O)N1CCN(c2ccc(N3CCNCC3)cc2)CC1. The second-order valence-corrected chi connectivity index (χ2v) is 7.71. The van der Waals surface area contributed by atoms with Gasteiger partial charge in [0, 0.05) is 63.7 Å². The third-order valence-electron chi connectivity index (χ3n) is 4.63. The van der Waals surface area contributed by atoms with Crippen LogP contribution in [0.15, 0.2) is 24.3 Å². The van der Waals surface area contributed by atoms with Gasteiger partial charge in [-0.25, -0.2) is 4.79 Å². The van der Waals surface area contributed by atoms with E-state index in [1.165, 1.54) is 11.4 Å². The van der Waals surface area contributed by atoms with Gasteiger partial charge >= 0.3 is 6.09 Å². The van der Waals surface area contributed by atoms with Gasteiger partial charge in [-0.1, -0.05) is 0 Å². The van der Waals surface area contributed by atoms with Crippen LogP contribution in [0.2, 0.25) is 0 Å². The van der Waals surface area contributed by atoms with Gasteiger partial charge in [-0.2, -0.15) is 0 Å². The first-order valence-corrected chi connectivity index (χ1v) is 9.21. The lowest BCUT2D eigenvalue weighted by atomic mass is 10.2. The summed E-state index contributed by atoms with van der Waals surface area (Å²) in [5.41, 5.74) is 2.08. The predicted molar refractivity (Wildman–Crippen MR) is 102 cm³/mol. The van der Waals surface area contributed by atoms with E-state index in [9.17, 15) is 4.79 Å². The summed E-state index contributed by atoms with van der Waals surface area (Å²) in [4.78, 5) is 18.7. The highest BCUT2D eigenvalue weighted by Crippen LogP contribution is 2.22. The van der Waals surface area contributed by atoms with Crippen LogP contribution in [-0.2, 0) is 4.74 Å². The molecule has 6 heteroatoms. The Labute approximate surface area is 150 Å². The van der Waals surface area contributed by atoms with E-state index >= 15 is 0 Å². The number of nitrogens with one attached hydrogen (secondary N) is 1. The first-order valence-electron chi connectivity index (χ1n) is 9.21. The molecule has 0 unspecified atom stereocenters. The molecule has 1 N–H and O–H groups in total. The van der Waals surface area contributed by atoms with Gasteiger partial charge in [0.1, 0.15) is 5.60 Å². The molecule has 2 heterocycles. The van der Waals surface area contributed by atoms with Crippen LogP contribution < -0.4 is 15.1 Å². The molecule has 0 bridgehead atoms. The number of anilines is 2. The first-order chi connectivity index (χ1) is 11.9. The van der Waals surface area contributed by atoms with Crippen LogP contribution >= 0.6 is 0 Å². The van der Waals surface area contributed by atoms with Crippen molar-refractivity contribution < 1.29 is 9.53 Å². The Morgan fingerprint density at radius 3 is 1.84 bits per heavy atom. The molecule has 138 valence electrons. The van der Waals surface area contributed by atoms with E-state index in [-0.39, 0.29) is 6.09 Å². The Balaban J connectivity index is 1.53. The molecule has 2 aliphatic rings. The van der Waals surface area contributed by atoms with Gasteiger partial charge in [0.05, 0.1) is 0 Å². The minimum Gasteiger partial charge on any atom is -0.444 e. The lowest BCUT2D eigenvalue weighted by Gasteiger charge is -2.37. The highest BCUT2D eigenvalue weighted by molar-refractivity contribution is 5.68. The lowest BCUT2D eigenvalue weighted by molar-refractivity contribution is 0.0240. The molecule has 0 radical (unpaired) electrons. The molecule has 6 nitrogen and oxygen atoms in total. The molecule has 1 aromatic rings. The maximum absolute atomic E-state index is 12.2. The molecule has 0 atom stereocenters. The lowest BCUT2D eigenvalue weighted by Crippen LogP contribution is -2.50. The number of rotatable bonds is 2. The zero-order valence-electron chi connectivity index (χ0n) is 15.6. The zero-order valence-corrected chi connectivity index (χ0v) is 15.6. The number of hydrogen-bond donors (Lipinski definition) is 1. The second-order valence-electron chi connectivity index (χ2n) is 7.71. The minimum atomic E-state index is -0.436. The van der Waals surface area contributed by atoms with E-state index in [1.807, 2.05) is 20.8 Å². The average molecular weight is 346 g/mol. The normalized spacial score (nSPS) is 19.1. The highest BCUT2D eigenvalue weighted by Gasteiger charge is 2.26. The molecule has 2 fully saturated rings. The molecule has 0 spiro atoms. The highest BCUT2D eigenvalue weighted by atomic mass is 16.6. The molecular weight excluding hydrogens is 316 g/mol. The van der Waals surface area contributed by atoms with Crippen molar-refractivity contribution in [1.29, 1.82) is 0 Å². The summed E-state index contributed by atoms with van der Waals surface area (Å²) in [6.07, 6.45) is -0.207. The largest absolute Gasteiger partial charge is 0.444 e. The Morgan fingerprint density at radius 1 is 0.880 bits per heavy atom. The summed E-state index contributed by atoms with van der Waals surface area (Å²) in [6, 6.07) is 8.81. The summed E-state index contributed by atoms with van der Waals surface area (Å²) in [5.74, 6) is 0. The number of piperazine rings is 2. The van der Waals surface area contributed by atoms with Crippen LogP contribution in [-0.4, -0.2) is 69.0 Å². The number of nitrogens with zero attached hydrogens (tertiary/aromatic N) is 3. The van der Waals surface area contributed by atoms with Crippen molar-refractivity contribution >= 4 is 17.5 Å². The van der Waals surface area contributed by atoms with Crippen molar-refractivity contribution in [3.63, 3.8) is 0 Å². The zero-order chi connectivity index (χ0) is 17.9. The maximum atomic E-state index is 12.2. The van der Waals surface area contributed by atoms with Gasteiger partial charge in [-0.3, -0.25) is 0 Å². The Morgan fingerprint density at radius 2 is 1.36 bits per heavy atom. The number of benzene rings is 1. The van der Waals surface area contributed by atoms with Crippen LogP contribution in [0.5, 0.6) is 0 Å². The molecule has 0 saturated carbocycles. The van der Waals surface area contributed by atoms with Crippen LogP contribution in [0.3, 0.4) is 0 Å². The molecule has 0 aliphatic carbocycles. The number of hydrogen-bond acceptors (Lipinski definition) is 5. The predicted octanol–water partition coefficient (Wildman–Crippen LogP) is 2.15. The molecule has 0 aromatic heterocycles. The molecule has 2 aliphatic heterocycles. The van der Waals surface area contributed by atoms with E-state index < -0.39 is 5.60 Å². The fourth-order valence-corrected chi connectivity index (χ4v) is 3.27. The van der Waals surface area contributed by atoms with Crippen LogP contribution in [0, 0.1) is 0 Å². The van der Waals surface area contributed by atoms with Crippen molar-refractivity contribution in [2.75, 3.05) is 62.2 Å². The van der Waals surface area contributed by atoms with Crippen molar-refractivity contribution in [2.24, 2.45) is 0 Å². The van der Waals surface area contributed by atoms with Gasteiger partial charge in [0.25, 0.3) is 0 Å². The maximum Gasteiger partial charge on any atom is 0.410 e. The Bertz CT molecular complexity index is 568. The van der Waals surface area contributed by atoms with Gasteiger partial charge in [0.2, 0.25) is 0 Å². The van der Waals surface area contributed by atoms with Crippen LogP contribution in [0.4, 0.5) is 16.2 Å². The molecule has 25 heavy (non-hydrogen) atoms. The minimum absolute atomic E-state index is 0.207. The molecule has 2 saturated heterocycles. The summed E-state index contributed by atoms with van der Waals surface area (Å²) >= 11 is 0. The number of amides is 1. The van der Waals surface area contributed by atoms with Gasteiger partial charge < -0.3 is 24.8 Å². The van der Waals surface area contributed by atoms with Crippen molar-refractivity contribution in [3.05, 3.63) is 24.3 Å². The Kier molecular flexibility index (Phi) is 5.37. The molecular formula is C19H30N4O2. The third kappa shape index (κ3) is 4.78. The van der Waals surface area contributed by atoms with Crippen molar-refractivity contribution in [1.82, 2.24) is 10.2 Å². The van der Waals surface area contributed by atoms with Gasteiger partial charge in [-0.05, 0) is 45.0 Å². The van der Waals surface area contributed by atoms with E-state index in [2.05, 4.69) is 39.4 Å². The van der Waals surface area contributed by atoms with E-state index in [4.69, 9.17) is 4.74 Å². The molecule has 3 rings (SSSR count). The number of carbonyl (C=O) groups is 1. The smallest absolute Gasteiger partial charge is 0.410 e. The van der Waals surface area contributed by atoms with E-state index in [1.54, 1.807) is 4.90 Å². The van der Waals surface area contributed by atoms with Crippen LogP contribution in [0.1, 0.15) is 20.8 Å². The second kappa shape index (κ2) is 7.52. The third-order valence-corrected chi connectivity index (χ3v) is 4.63. The number of ether oxygens (including phenoxy) is 1. The Hall–Kier alpha value is -1.95. The standard InChI is InChI=1S/C19H30N4O2/c1-19(2,3)25-18(24)23-14-12-22(13-15-23)17-6-4-16(5-7-17)21-10-8-20-9-11-21/h4-7,20H,8-15H2,1-3H3. The van der Waals surface area contributed by atoms with E-state index in [0.717, 1.165) is 39.3 Å². The van der Waals surface area contributed by atoms with E-state index in [0.29, 0.717) is 13.1 Å². The van der Waals surface area contributed by atoms with Gasteiger partial charge in [0.15, 0.2) is 0 Å². The number of carbonyl (C=O) groups excluding carboxylic acids is 1. The summed E-state index contributed by atoms with van der Waals surface area (Å²) in [6.45, 7) is 13.0. The molecule has 1 amide bonds. The van der Waals surface area contributed by atoms with Crippen molar-refractivity contribution in [3.8, 4) is 0 Å².